The first-order valence-corrected chi connectivity index (χ1v) is 12.1. The van der Waals surface area contributed by atoms with Crippen LogP contribution in [0.25, 0.3) is 11.1 Å². The SMILES string of the molecule is O=C(NC(CC(=O)N1CC(C(=O)O)C1)C1CCCC1)OCC1c2ccccc2-c2ccccc21. The van der Waals surface area contributed by atoms with E-state index in [0.29, 0.717) is 0 Å². The Morgan fingerprint density at radius 3 is 2.15 bits per heavy atom. The maximum absolute atomic E-state index is 12.8. The summed E-state index contributed by atoms with van der Waals surface area (Å²) in [5.41, 5.74) is 4.67. The van der Waals surface area contributed by atoms with Crippen molar-refractivity contribution in [2.45, 2.75) is 44.1 Å². The van der Waals surface area contributed by atoms with Gasteiger partial charge in [-0.25, -0.2) is 4.79 Å². The Morgan fingerprint density at radius 1 is 0.971 bits per heavy atom. The quantitative estimate of drug-likeness (QED) is 0.648. The molecular formula is C27H30N2O5. The molecule has 7 heteroatoms. The lowest BCUT2D eigenvalue weighted by Crippen LogP contribution is -2.54. The van der Waals surface area contributed by atoms with Crippen LogP contribution in [0.2, 0.25) is 0 Å². The normalized spacial score (nSPS) is 18.6. The van der Waals surface area contributed by atoms with Gasteiger partial charge in [-0.15, -0.1) is 0 Å². The molecule has 2 aliphatic carbocycles. The second-order valence-electron chi connectivity index (χ2n) is 9.66. The molecule has 178 valence electrons. The molecule has 7 nitrogen and oxygen atoms in total. The van der Waals surface area contributed by atoms with Crippen LogP contribution >= 0.6 is 0 Å². The molecule has 0 bridgehead atoms. The highest BCUT2D eigenvalue weighted by atomic mass is 16.5. The van der Waals surface area contributed by atoms with Gasteiger partial charge in [0.1, 0.15) is 6.61 Å². The molecule has 1 aliphatic heterocycles. The highest BCUT2D eigenvalue weighted by molar-refractivity contribution is 5.82. The summed E-state index contributed by atoms with van der Waals surface area (Å²) < 4.78 is 5.71. The number of carboxylic acids is 1. The van der Waals surface area contributed by atoms with E-state index in [0.717, 1.165) is 36.8 Å². The van der Waals surface area contributed by atoms with E-state index in [-0.39, 0.29) is 49.9 Å². The topological polar surface area (TPSA) is 95.9 Å². The van der Waals surface area contributed by atoms with E-state index in [4.69, 9.17) is 9.84 Å². The van der Waals surface area contributed by atoms with Crippen LogP contribution in [0, 0.1) is 11.8 Å². The van der Waals surface area contributed by atoms with Crippen LogP contribution in [0.4, 0.5) is 4.79 Å². The number of carbonyl (C=O) groups is 3. The highest BCUT2D eigenvalue weighted by Crippen LogP contribution is 2.44. The molecule has 2 fully saturated rings. The van der Waals surface area contributed by atoms with Crippen molar-refractivity contribution in [1.82, 2.24) is 10.2 Å². The number of hydrogen-bond acceptors (Lipinski definition) is 4. The summed E-state index contributed by atoms with van der Waals surface area (Å²) in [6, 6.07) is 16.1. The Labute approximate surface area is 199 Å². The van der Waals surface area contributed by atoms with E-state index >= 15 is 0 Å². The molecule has 5 rings (SSSR count). The number of hydrogen-bond donors (Lipinski definition) is 2. The maximum Gasteiger partial charge on any atom is 0.407 e. The second-order valence-corrected chi connectivity index (χ2v) is 9.66. The summed E-state index contributed by atoms with van der Waals surface area (Å²) in [5.74, 6) is -1.23. The molecular weight excluding hydrogens is 432 g/mol. The van der Waals surface area contributed by atoms with Gasteiger partial charge in [-0.05, 0) is 41.0 Å². The fraction of sp³-hybridized carbons (Fsp3) is 0.444. The molecule has 1 saturated carbocycles. The summed E-state index contributed by atoms with van der Waals surface area (Å²) in [7, 11) is 0. The van der Waals surface area contributed by atoms with Crippen molar-refractivity contribution in [3.63, 3.8) is 0 Å². The summed E-state index contributed by atoms with van der Waals surface area (Å²) in [5, 5.41) is 12.0. The van der Waals surface area contributed by atoms with Crippen LogP contribution in [0.5, 0.6) is 0 Å². The van der Waals surface area contributed by atoms with Gasteiger partial charge in [0, 0.05) is 31.5 Å². The largest absolute Gasteiger partial charge is 0.481 e. The first-order chi connectivity index (χ1) is 16.5. The number of amides is 2. The molecule has 2 aromatic carbocycles. The zero-order valence-corrected chi connectivity index (χ0v) is 19.1. The van der Waals surface area contributed by atoms with Crippen molar-refractivity contribution < 1.29 is 24.2 Å². The van der Waals surface area contributed by atoms with E-state index in [2.05, 4.69) is 29.6 Å². The zero-order valence-electron chi connectivity index (χ0n) is 19.1. The van der Waals surface area contributed by atoms with Gasteiger partial charge in [-0.1, -0.05) is 61.4 Å². The number of aliphatic carboxylic acids is 1. The van der Waals surface area contributed by atoms with Crippen LogP contribution in [0.15, 0.2) is 48.5 Å². The number of alkyl carbamates (subject to hydrolysis) is 1. The van der Waals surface area contributed by atoms with Gasteiger partial charge in [0.15, 0.2) is 0 Å². The van der Waals surface area contributed by atoms with Gasteiger partial charge in [0.2, 0.25) is 5.91 Å². The number of carboxylic acid groups (broad SMARTS) is 1. The Balaban J connectivity index is 1.21. The zero-order chi connectivity index (χ0) is 23.7. The Bertz CT molecular complexity index is 1040. The Morgan fingerprint density at radius 2 is 1.56 bits per heavy atom. The van der Waals surface area contributed by atoms with E-state index < -0.39 is 18.0 Å². The minimum absolute atomic E-state index is 0.0150. The number of likely N-dealkylation sites (tertiary alicyclic amines) is 1. The molecule has 2 N–H and O–H groups in total. The summed E-state index contributed by atoms with van der Waals surface area (Å²) in [4.78, 5) is 38.2. The lowest BCUT2D eigenvalue weighted by atomic mass is 9.93. The molecule has 2 amide bonds. The average molecular weight is 463 g/mol. The number of fused-ring (bicyclic) bond motifs is 3. The minimum atomic E-state index is -0.867. The number of benzene rings is 2. The van der Waals surface area contributed by atoms with Crippen LogP contribution in [0.3, 0.4) is 0 Å². The van der Waals surface area contributed by atoms with Gasteiger partial charge in [-0.3, -0.25) is 9.59 Å². The molecule has 0 radical (unpaired) electrons. The molecule has 1 unspecified atom stereocenters. The van der Waals surface area contributed by atoms with E-state index in [1.54, 1.807) is 4.90 Å². The number of rotatable bonds is 7. The predicted octanol–water partition coefficient (Wildman–Crippen LogP) is 4.02. The third kappa shape index (κ3) is 4.39. The van der Waals surface area contributed by atoms with Gasteiger partial charge in [-0.2, -0.15) is 0 Å². The molecule has 1 atom stereocenters. The lowest BCUT2D eigenvalue weighted by molar-refractivity contribution is -0.153. The third-order valence-electron chi connectivity index (χ3n) is 7.59. The van der Waals surface area contributed by atoms with Crippen molar-refractivity contribution in [2.24, 2.45) is 11.8 Å². The van der Waals surface area contributed by atoms with E-state index in [1.165, 1.54) is 11.1 Å². The average Bonchev–Trinajstić information content (AvgIpc) is 3.43. The summed E-state index contributed by atoms with van der Waals surface area (Å²) >= 11 is 0. The van der Waals surface area contributed by atoms with Gasteiger partial charge < -0.3 is 20.1 Å². The molecule has 3 aliphatic rings. The van der Waals surface area contributed by atoms with Crippen LogP contribution in [-0.2, 0) is 14.3 Å². The number of ether oxygens (including phenoxy) is 1. The molecule has 34 heavy (non-hydrogen) atoms. The predicted molar refractivity (Wildman–Crippen MR) is 126 cm³/mol. The highest BCUT2D eigenvalue weighted by Gasteiger charge is 2.38. The molecule has 2 aromatic rings. The van der Waals surface area contributed by atoms with Crippen LogP contribution in [0.1, 0.15) is 49.1 Å². The number of nitrogens with one attached hydrogen (secondary N) is 1. The lowest BCUT2D eigenvalue weighted by Gasteiger charge is -2.38. The number of nitrogens with zero attached hydrogens (tertiary/aromatic N) is 1. The van der Waals surface area contributed by atoms with Crippen molar-refractivity contribution in [2.75, 3.05) is 19.7 Å². The van der Waals surface area contributed by atoms with E-state index in [9.17, 15) is 14.4 Å². The number of carbonyl (C=O) groups excluding carboxylic acids is 2. The van der Waals surface area contributed by atoms with Gasteiger partial charge in [0.25, 0.3) is 0 Å². The molecule has 1 heterocycles. The molecule has 0 aromatic heterocycles. The Kier molecular flexibility index (Phi) is 6.26. The minimum Gasteiger partial charge on any atom is -0.481 e. The van der Waals surface area contributed by atoms with Gasteiger partial charge >= 0.3 is 12.1 Å². The monoisotopic (exact) mass is 462 g/mol. The molecule has 1 saturated heterocycles. The third-order valence-corrected chi connectivity index (χ3v) is 7.59. The first kappa shape index (κ1) is 22.4. The van der Waals surface area contributed by atoms with Crippen LogP contribution in [-0.4, -0.2) is 53.7 Å². The van der Waals surface area contributed by atoms with Crippen molar-refractivity contribution in [3.05, 3.63) is 59.7 Å². The van der Waals surface area contributed by atoms with Crippen LogP contribution < -0.4 is 5.32 Å². The van der Waals surface area contributed by atoms with Gasteiger partial charge in [0.05, 0.1) is 5.92 Å². The maximum atomic E-state index is 12.8. The van der Waals surface area contributed by atoms with E-state index in [1.807, 2.05) is 24.3 Å². The standard InChI is InChI=1S/C27H30N2O5/c30-25(29-14-18(15-29)26(31)32)13-24(17-7-1-2-8-17)28-27(33)34-16-23-21-11-5-3-9-19(21)20-10-4-6-12-22(20)23/h3-6,9-12,17-18,23-24H,1-2,7-8,13-16H2,(H,28,33)(H,31,32). The van der Waals surface area contributed by atoms with Crippen molar-refractivity contribution >= 4 is 18.0 Å². The first-order valence-electron chi connectivity index (χ1n) is 12.1. The second kappa shape index (κ2) is 9.49. The molecule has 0 spiro atoms. The summed E-state index contributed by atoms with van der Waals surface area (Å²) in [6.45, 7) is 0.727. The van der Waals surface area contributed by atoms with Crippen molar-refractivity contribution in [1.29, 1.82) is 0 Å². The Hall–Kier alpha value is -3.35. The fourth-order valence-corrected chi connectivity index (χ4v) is 5.64. The summed E-state index contributed by atoms with van der Waals surface area (Å²) in [6.07, 6.45) is 3.80. The fourth-order valence-electron chi connectivity index (χ4n) is 5.64. The smallest absolute Gasteiger partial charge is 0.407 e. The van der Waals surface area contributed by atoms with Crippen molar-refractivity contribution in [3.8, 4) is 11.1 Å².